The minimum absolute atomic E-state index is 0.0919. The van der Waals surface area contributed by atoms with E-state index in [4.69, 9.17) is 0 Å². The highest BCUT2D eigenvalue weighted by Gasteiger charge is 2.16. The Morgan fingerprint density at radius 2 is 2.00 bits per heavy atom. The lowest BCUT2D eigenvalue weighted by Crippen LogP contribution is -2.06. The van der Waals surface area contributed by atoms with E-state index in [1.807, 2.05) is 0 Å². The van der Waals surface area contributed by atoms with Crippen LogP contribution in [0.4, 0.5) is 10.1 Å². The summed E-state index contributed by atoms with van der Waals surface area (Å²) in [5.74, 6) is -0.589. The first-order chi connectivity index (χ1) is 8.47. The van der Waals surface area contributed by atoms with Gasteiger partial charge in [0, 0.05) is 17.8 Å². The highest BCUT2D eigenvalue weighted by molar-refractivity contribution is 5.73. The minimum Gasteiger partial charge on any atom is -0.326 e. The van der Waals surface area contributed by atoms with E-state index in [1.54, 1.807) is 13.0 Å². The van der Waals surface area contributed by atoms with E-state index in [0.29, 0.717) is 11.3 Å². The summed E-state index contributed by atoms with van der Waals surface area (Å²) in [7, 11) is 0. The Labute approximate surface area is 101 Å². The van der Waals surface area contributed by atoms with Crippen LogP contribution >= 0.6 is 0 Å². The third-order valence-corrected chi connectivity index (χ3v) is 2.45. The summed E-state index contributed by atoms with van der Waals surface area (Å²) in [5, 5.41) is 10.9. The summed E-state index contributed by atoms with van der Waals surface area (Å²) in [6.07, 6.45) is 0. The molecule has 5 nitrogen and oxygen atoms in total. The number of aromatic amines is 1. The number of rotatable bonds is 2. The van der Waals surface area contributed by atoms with E-state index in [9.17, 15) is 19.3 Å². The molecule has 0 spiro atoms. The normalized spacial score (nSPS) is 10.3. The average Bonchev–Trinajstić information content (AvgIpc) is 2.27. The van der Waals surface area contributed by atoms with Gasteiger partial charge in [0.05, 0.1) is 10.5 Å². The van der Waals surface area contributed by atoms with Crippen molar-refractivity contribution in [3.63, 3.8) is 0 Å². The molecule has 0 aliphatic carbocycles. The number of halogens is 1. The number of hydrogen-bond donors (Lipinski definition) is 1. The summed E-state index contributed by atoms with van der Waals surface area (Å²) < 4.78 is 13.2. The van der Waals surface area contributed by atoms with Crippen LogP contribution in [-0.2, 0) is 0 Å². The number of aryl methyl sites for hydroxylation is 1. The van der Waals surface area contributed by atoms with Crippen LogP contribution in [0, 0.1) is 22.9 Å². The summed E-state index contributed by atoms with van der Waals surface area (Å²) in [4.78, 5) is 24.1. The number of aromatic nitrogens is 1. The molecule has 1 heterocycles. The molecule has 18 heavy (non-hydrogen) atoms. The van der Waals surface area contributed by atoms with Crippen LogP contribution in [-0.4, -0.2) is 9.91 Å². The van der Waals surface area contributed by atoms with Crippen molar-refractivity contribution in [3.05, 3.63) is 62.3 Å². The molecule has 0 saturated heterocycles. The van der Waals surface area contributed by atoms with Gasteiger partial charge in [0.1, 0.15) is 5.82 Å². The first-order valence-corrected chi connectivity index (χ1v) is 5.12. The number of H-pyrrole nitrogens is 1. The molecule has 0 saturated carbocycles. The van der Waals surface area contributed by atoms with Gasteiger partial charge < -0.3 is 4.98 Å². The first kappa shape index (κ1) is 12.0. The number of nitrogens with zero attached hydrogens (tertiary/aromatic N) is 1. The van der Waals surface area contributed by atoms with Crippen LogP contribution in [0.3, 0.4) is 0 Å². The standard InChI is InChI=1S/C12H9FN2O3/c1-7-4-8(5-12(16)14-7)10-6-9(13)2-3-11(10)15(17)18/h2-6H,1H3,(H,14,16). The second kappa shape index (κ2) is 4.40. The molecule has 0 bridgehead atoms. The van der Waals surface area contributed by atoms with Gasteiger partial charge in [-0.25, -0.2) is 4.39 Å². The monoisotopic (exact) mass is 248 g/mol. The van der Waals surface area contributed by atoms with Crippen molar-refractivity contribution in [3.8, 4) is 11.1 Å². The second-order valence-corrected chi connectivity index (χ2v) is 3.83. The molecule has 0 radical (unpaired) electrons. The van der Waals surface area contributed by atoms with Gasteiger partial charge >= 0.3 is 0 Å². The van der Waals surface area contributed by atoms with Crippen LogP contribution in [0.2, 0.25) is 0 Å². The van der Waals surface area contributed by atoms with E-state index in [2.05, 4.69) is 4.98 Å². The summed E-state index contributed by atoms with van der Waals surface area (Å²) >= 11 is 0. The maximum Gasteiger partial charge on any atom is 0.277 e. The fraction of sp³-hybridized carbons (Fsp3) is 0.0833. The molecule has 2 aromatic rings. The molecule has 0 aliphatic rings. The van der Waals surface area contributed by atoms with Crippen molar-refractivity contribution < 1.29 is 9.31 Å². The lowest BCUT2D eigenvalue weighted by molar-refractivity contribution is -0.384. The third-order valence-electron chi connectivity index (χ3n) is 2.45. The molecule has 6 heteroatoms. The molecule has 0 fully saturated rings. The van der Waals surface area contributed by atoms with Crippen molar-refractivity contribution in [2.24, 2.45) is 0 Å². The highest BCUT2D eigenvalue weighted by Crippen LogP contribution is 2.29. The quantitative estimate of drug-likeness (QED) is 0.654. The summed E-state index contributed by atoms with van der Waals surface area (Å²) in [5.41, 5.74) is 0.345. The van der Waals surface area contributed by atoms with Crippen molar-refractivity contribution in [2.45, 2.75) is 6.92 Å². The average molecular weight is 248 g/mol. The Morgan fingerprint density at radius 3 is 2.61 bits per heavy atom. The van der Waals surface area contributed by atoms with Gasteiger partial charge in [0.25, 0.3) is 5.69 Å². The molecule has 0 amide bonds. The fourth-order valence-electron chi connectivity index (χ4n) is 1.74. The zero-order valence-electron chi connectivity index (χ0n) is 9.44. The Bertz CT molecular complexity index is 679. The minimum atomic E-state index is -0.606. The molecule has 0 atom stereocenters. The Kier molecular flexibility index (Phi) is 2.93. The van der Waals surface area contributed by atoms with E-state index in [1.165, 1.54) is 6.07 Å². The van der Waals surface area contributed by atoms with Crippen molar-refractivity contribution in [2.75, 3.05) is 0 Å². The lowest BCUT2D eigenvalue weighted by Gasteiger charge is -2.04. The van der Waals surface area contributed by atoms with Gasteiger partial charge in [0.15, 0.2) is 0 Å². The van der Waals surface area contributed by atoms with Crippen molar-refractivity contribution in [1.82, 2.24) is 4.98 Å². The zero-order chi connectivity index (χ0) is 13.3. The zero-order valence-corrected chi connectivity index (χ0v) is 9.44. The largest absolute Gasteiger partial charge is 0.326 e. The molecular formula is C12H9FN2O3. The third kappa shape index (κ3) is 2.27. The second-order valence-electron chi connectivity index (χ2n) is 3.83. The molecule has 0 aliphatic heterocycles. The van der Waals surface area contributed by atoms with Crippen molar-refractivity contribution in [1.29, 1.82) is 0 Å². The molecule has 2 rings (SSSR count). The fourth-order valence-corrected chi connectivity index (χ4v) is 1.74. The van der Waals surface area contributed by atoms with Gasteiger partial charge in [-0.3, -0.25) is 14.9 Å². The predicted octanol–water partition coefficient (Wildman–Crippen LogP) is 2.40. The first-order valence-electron chi connectivity index (χ1n) is 5.12. The van der Waals surface area contributed by atoms with Gasteiger partial charge in [0.2, 0.25) is 5.56 Å². The van der Waals surface area contributed by atoms with E-state index in [0.717, 1.165) is 18.2 Å². The van der Waals surface area contributed by atoms with Gasteiger partial charge in [-0.1, -0.05) is 0 Å². The number of nitro benzene ring substituents is 1. The van der Waals surface area contributed by atoms with E-state index in [-0.39, 0.29) is 16.8 Å². The molecule has 92 valence electrons. The number of pyridine rings is 1. The van der Waals surface area contributed by atoms with E-state index < -0.39 is 10.7 Å². The van der Waals surface area contributed by atoms with Crippen LogP contribution in [0.5, 0.6) is 0 Å². The SMILES string of the molecule is Cc1cc(-c2cc(F)ccc2[N+](=O)[O-])cc(=O)[nH]1. The Hall–Kier alpha value is -2.50. The Morgan fingerprint density at radius 1 is 1.28 bits per heavy atom. The van der Waals surface area contributed by atoms with Crippen LogP contribution in [0.15, 0.2) is 35.1 Å². The maximum atomic E-state index is 13.2. The van der Waals surface area contributed by atoms with Crippen LogP contribution in [0.25, 0.3) is 11.1 Å². The number of benzene rings is 1. The maximum absolute atomic E-state index is 13.2. The number of nitro groups is 1. The summed E-state index contributed by atoms with van der Waals surface area (Å²) in [6, 6.07) is 5.91. The van der Waals surface area contributed by atoms with Crippen LogP contribution in [0.1, 0.15) is 5.69 Å². The Balaban J connectivity index is 2.72. The molecule has 1 aromatic carbocycles. The smallest absolute Gasteiger partial charge is 0.277 e. The predicted molar refractivity (Wildman–Crippen MR) is 63.8 cm³/mol. The highest BCUT2D eigenvalue weighted by atomic mass is 19.1. The molecule has 1 N–H and O–H groups in total. The molecular weight excluding hydrogens is 239 g/mol. The van der Waals surface area contributed by atoms with Gasteiger partial charge in [-0.2, -0.15) is 0 Å². The lowest BCUT2D eigenvalue weighted by atomic mass is 10.0. The van der Waals surface area contributed by atoms with Crippen LogP contribution < -0.4 is 5.56 Å². The van der Waals surface area contributed by atoms with Crippen molar-refractivity contribution >= 4 is 5.69 Å². The topological polar surface area (TPSA) is 76.0 Å². The van der Waals surface area contributed by atoms with E-state index >= 15 is 0 Å². The molecule has 1 aromatic heterocycles. The number of hydrogen-bond acceptors (Lipinski definition) is 3. The summed E-state index contributed by atoms with van der Waals surface area (Å²) in [6.45, 7) is 1.65. The van der Waals surface area contributed by atoms with Gasteiger partial charge in [-0.05, 0) is 30.7 Å². The van der Waals surface area contributed by atoms with Gasteiger partial charge in [-0.15, -0.1) is 0 Å². The number of nitrogens with one attached hydrogen (secondary N) is 1. The molecule has 0 unspecified atom stereocenters.